The van der Waals surface area contributed by atoms with Crippen molar-refractivity contribution in [1.82, 2.24) is 20.0 Å². The molecule has 7 nitrogen and oxygen atoms in total. The Balaban J connectivity index is 1.64. The molecule has 2 fully saturated rings. The molecule has 8 heteroatoms. The summed E-state index contributed by atoms with van der Waals surface area (Å²) in [6.45, 7) is 1.34. The van der Waals surface area contributed by atoms with Gasteiger partial charge in [0.2, 0.25) is 0 Å². The zero-order chi connectivity index (χ0) is 17.1. The molecule has 2 N–H and O–H groups in total. The highest BCUT2D eigenvalue weighted by Gasteiger charge is 2.56. The predicted octanol–water partition coefficient (Wildman–Crippen LogP) is 0.960. The van der Waals surface area contributed by atoms with Gasteiger partial charge in [0.05, 0.1) is 30.8 Å². The van der Waals surface area contributed by atoms with Crippen LogP contribution in [0.3, 0.4) is 0 Å². The third kappa shape index (κ3) is 2.10. The van der Waals surface area contributed by atoms with Crippen LogP contribution < -0.4 is 11.1 Å². The van der Waals surface area contributed by atoms with Gasteiger partial charge in [-0.05, 0) is 17.9 Å². The maximum atomic E-state index is 13.9. The number of halogens is 1. The number of aromatic nitrogens is 4. The minimum atomic E-state index is -0.454. The van der Waals surface area contributed by atoms with E-state index in [1.54, 1.807) is 18.2 Å². The van der Waals surface area contributed by atoms with Crippen molar-refractivity contribution in [2.75, 3.05) is 13.2 Å². The SMILES string of the molecule is O=c1[nH]nc(C2[C@H]3COC[C@@H]23)c2c(=O)n(Cc3ccccc3F)[nH]c12. The Kier molecular flexibility index (Phi) is 2.99. The van der Waals surface area contributed by atoms with E-state index in [4.69, 9.17) is 4.74 Å². The molecule has 1 aliphatic heterocycles. The molecule has 1 aliphatic carbocycles. The Hall–Kier alpha value is -2.74. The molecule has 0 radical (unpaired) electrons. The highest BCUT2D eigenvalue weighted by Crippen LogP contribution is 2.57. The summed E-state index contributed by atoms with van der Waals surface area (Å²) in [5.74, 6) is 0.458. The average Bonchev–Trinajstić information content (AvgIpc) is 2.92. The van der Waals surface area contributed by atoms with Gasteiger partial charge in [0.15, 0.2) is 0 Å². The molecule has 0 bridgehead atoms. The summed E-state index contributed by atoms with van der Waals surface area (Å²) in [6, 6.07) is 6.25. The van der Waals surface area contributed by atoms with Gasteiger partial charge in [0.1, 0.15) is 11.3 Å². The number of aromatic amines is 2. The van der Waals surface area contributed by atoms with Crippen LogP contribution in [0.5, 0.6) is 0 Å². The molecule has 0 spiro atoms. The zero-order valence-corrected chi connectivity index (χ0v) is 13.2. The summed E-state index contributed by atoms with van der Waals surface area (Å²) >= 11 is 0. The van der Waals surface area contributed by atoms with Crippen LogP contribution in [0.2, 0.25) is 0 Å². The molecule has 5 rings (SSSR count). The molecule has 1 saturated carbocycles. The normalized spacial score (nSPS) is 24.6. The maximum absolute atomic E-state index is 13.9. The highest BCUT2D eigenvalue weighted by molar-refractivity contribution is 5.80. The zero-order valence-electron chi connectivity index (χ0n) is 13.2. The van der Waals surface area contributed by atoms with Crippen molar-refractivity contribution in [1.29, 1.82) is 0 Å². The van der Waals surface area contributed by atoms with Gasteiger partial charge in [-0.3, -0.25) is 14.7 Å². The fourth-order valence-corrected chi connectivity index (χ4v) is 3.90. The van der Waals surface area contributed by atoms with E-state index >= 15 is 0 Å². The Morgan fingerprint density at radius 1 is 1.24 bits per heavy atom. The number of rotatable bonds is 3. The number of nitrogens with zero attached hydrogens (tertiary/aromatic N) is 2. The Bertz CT molecular complexity index is 1090. The molecule has 3 aromatic rings. The molecular weight excluding hydrogens is 327 g/mol. The fourth-order valence-electron chi connectivity index (χ4n) is 3.90. The van der Waals surface area contributed by atoms with Gasteiger partial charge >= 0.3 is 0 Å². The lowest BCUT2D eigenvalue weighted by Crippen LogP contribution is -2.19. The van der Waals surface area contributed by atoms with Gasteiger partial charge in [-0.25, -0.2) is 14.2 Å². The van der Waals surface area contributed by atoms with Crippen LogP contribution in [-0.2, 0) is 11.3 Å². The monoisotopic (exact) mass is 342 g/mol. The largest absolute Gasteiger partial charge is 0.381 e. The fraction of sp³-hybridized carbons (Fsp3) is 0.353. The van der Waals surface area contributed by atoms with E-state index in [2.05, 4.69) is 15.3 Å². The van der Waals surface area contributed by atoms with E-state index in [1.165, 1.54) is 10.7 Å². The first-order valence-electron chi connectivity index (χ1n) is 8.17. The van der Waals surface area contributed by atoms with Crippen LogP contribution in [0, 0.1) is 17.7 Å². The van der Waals surface area contributed by atoms with Gasteiger partial charge in [0.25, 0.3) is 11.1 Å². The molecule has 3 heterocycles. The molecule has 1 aromatic carbocycles. The summed E-state index contributed by atoms with van der Waals surface area (Å²) in [6.07, 6.45) is 0. The Labute approximate surface area is 140 Å². The molecule has 0 amide bonds. The standard InChI is InChI=1S/C17H15FN4O3/c18-11-4-2-1-3-8(11)5-22-17(24)13-14(12-9-6-25-7-10(9)12)19-20-16(23)15(13)21-22/h1-4,9-10,12,21H,5-7H2,(H,20,23)/t9-,10+,12?. The number of nitrogens with one attached hydrogen (secondary N) is 2. The number of hydrogen-bond acceptors (Lipinski definition) is 4. The van der Waals surface area contributed by atoms with Crippen molar-refractivity contribution in [3.05, 3.63) is 62.0 Å². The highest BCUT2D eigenvalue weighted by atomic mass is 19.1. The first-order chi connectivity index (χ1) is 12.1. The third-order valence-electron chi connectivity index (χ3n) is 5.27. The topological polar surface area (TPSA) is 92.8 Å². The first-order valence-corrected chi connectivity index (χ1v) is 8.17. The van der Waals surface area contributed by atoms with Gasteiger partial charge in [-0.15, -0.1) is 0 Å². The molecule has 1 unspecified atom stereocenters. The van der Waals surface area contributed by atoms with Gasteiger partial charge in [-0.1, -0.05) is 18.2 Å². The minimum absolute atomic E-state index is 0.0275. The number of benzene rings is 1. The van der Waals surface area contributed by atoms with Crippen LogP contribution in [0.15, 0.2) is 33.9 Å². The van der Waals surface area contributed by atoms with Crippen LogP contribution in [0.4, 0.5) is 4.39 Å². The lowest BCUT2D eigenvalue weighted by Gasteiger charge is -2.03. The van der Waals surface area contributed by atoms with E-state index < -0.39 is 11.4 Å². The van der Waals surface area contributed by atoms with Crippen molar-refractivity contribution in [2.45, 2.75) is 12.5 Å². The van der Waals surface area contributed by atoms with Gasteiger partial charge in [0, 0.05) is 11.5 Å². The predicted molar refractivity (Wildman–Crippen MR) is 87.0 cm³/mol. The van der Waals surface area contributed by atoms with Crippen molar-refractivity contribution < 1.29 is 9.13 Å². The first kappa shape index (κ1) is 14.6. The van der Waals surface area contributed by atoms with Crippen molar-refractivity contribution >= 4 is 10.9 Å². The summed E-state index contributed by atoms with van der Waals surface area (Å²) in [5.41, 5.74) is 0.375. The lowest BCUT2D eigenvalue weighted by atomic mass is 10.1. The number of fused-ring (bicyclic) bond motifs is 2. The minimum Gasteiger partial charge on any atom is -0.381 e. The quantitative estimate of drug-likeness (QED) is 0.741. The molecule has 2 aromatic heterocycles. The maximum Gasteiger partial charge on any atom is 0.290 e. The number of hydrogen-bond donors (Lipinski definition) is 2. The lowest BCUT2D eigenvalue weighted by molar-refractivity contribution is 0.160. The van der Waals surface area contributed by atoms with Crippen LogP contribution >= 0.6 is 0 Å². The molecular formula is C17H15FN4O3. The van der Waals surface area contributed by atoms with Gasteiger partial charge in [-0.2, -0.15) is 5.10 Å². The van der Waals surface area contributed by atoms with Crippen molar-refractivity contribution in [3.8, 4) is 0 Å². The van der Waals surface area contributed by atoms with E-state index in [0.29, 0.717) is 41.7 Å². The van der Waals surface area contributed by atoms with E-state index in [-0.39, 0.29) is 23.5 Å². The Morgan fingerprint density at radius 3 is 2.76 bits per heavy atom. The second-order valence-electron chi connectivity index (χ2n) is 6.67. The second-order valence-corrected chi connectivity index (χ2v) is 6.67. The van der Waals surface area contributed by atoms with Crippen molar-refractivity contribution in [3.63, 3.8) is 0 Å². The summed E-state index contributed by atoms with van der Waals surface area (Å²) in [5, 5.41) is 9.74. The average molecular weight is 342 g/mol. The smallest absolute Gasteiger partial charge is 0.290 e. The van der Waals surface area contributed by atoms with Crippen LogP contribution in [0.25, 0.3) is 10.9 Å². The van der Waals surface area contributed by atoms with Crippen molar-refractivity contribution in [2.24, 2.45) is 11.8 Å². The van der Waals surface area contributed by atoms with E-state index in [1.807, 2.05) is 0 Å². The van der Waals surface area contributed by atoms with Crippen LogP contribution in [-0.4, -0.2) is 33.2 Å². The number of ether oxygens (including phenoxy) is 1. The Morgan fingerprint density at radius 2 is 2.00 bits per heavy atom. The van der Waals surface area contributed by atoms with Gasteiger partial charge < -0.3 is 4.74 Å². The van der Waals surface area contributed by atoms with E-state index in [9.17, 15) is 14.0 Å². The molecule has 25 heavy (non-hydrogen) atoms. The summed E-state index contributed by atoms with van der Waals surface area (Å²) < 4.78 is 20.5. The number of H-pyrrole nitrogens is 2. The summed E-state index contributed by atoms with van der Waals surface area (Å²) in [4.78, 5) is 25.0. The molecule has 1 saturated heterocycles. The third-order valence-corrected chi connectivity index (χ3v) is 5.27. The van der Waals surface area contributed by atoms with E-state index in [0.717, 1.165) is 0 Å². The molecule has 128 valence electrons. The molecule has 2 aliphatic rings. The van der Waals surface area contributed by atoms with Crippen LogP contribution in [0.1, 0.15) is 17.2 Å². The molecule has 3 atom stereocenters. The second kappa shape index (κ2) is 5.13. The summed E-state index contributed by atoms with van der Waals surface area (Å²) in [7, 11) is 0.